The third-order valence-electron chi connectivity index (χ3n) is 2.67. The molecule has 1 aromatic rings. The molecule has 0 heterocycles. The SMILES string of the molecule is CCc1ccc(C(=O)CC(C)=O)c(CC)c1. The molecule has 0 aliphatic carbocycles. The summed E-state index contributed by atoms with van der Waals surface area (Å²) in [5.74, 6) is -0.140. The number of benzene rings is 1. The van der Waals surface area contributed by atoms with Crippen molar-refractivity contribution in [2.45, 2.75) is 40.0 Å². The van der Waals surface area contributed by atoms with Crippen LogP contribution in [0.15, 0.2) is 18.2 Å². The molecule has 0 atom stereocenters. The van der Waals surface area contributed by atoms with E-state index in [1.165, 1.54) is 12.5 Å². The molecule has 0 aliphatic heterocycles. The van der Waals surface area contributed by atoms with Crippen LogP contribution >= 0.6 is 0 Å². The maximum atomic E-state index is 11.8. The van der Waals surface area contributed by atoms with E-state index in [1.54, 1.807) is 0 Å². The van der Waals surface area contributed by atoms with E-state index in [0.29, 0.717) is 5.56 Å². The third-order valence-corrected chi connectivity index (χ3v) is 2.67. The van der Waals surface area contributed by atoms with E-state index in [2.05, 4.69) is 13.0 Å². The van der Waals surface area contributed by atoms with Crippen LogP contribution in [-0.4, -0.2) is 11.6 Å². The number of aryl methyl sites for hydroxylation is 2. The van der Waals surface area contributed by atoms with Crippen molar-refractivity contribution in [1.82, 2.24) is 0 Å². The molecule has 16 heavy (non-hydrogen) atoms. The van der Waals surface area contributed by atoms with Crippen molar-refractivity contribution >= 4 is 11.6 Å². The van der Waals surface area contributed by atoms with Gasteiger partial charge in [0.25, 0.3) is 0 Å². The molecule has 0 unspecified atom stereocenters. The lowest BCUT2D eigenvalue weighted by atomic mass is 9.96. The van der Waals surface area contributed by atoms with Gasteiger partial charge in [-0.05, 0) is 30.9 Å². The first-order valence-electron chi connectivity index (χ1n) is 5.72. The van der Waals surface area contributed by atoms with Crippen LogP contribution in [0.1, 0.15) is 48.7 Å². The summed E-state index contributed by atoms with van der Waals surface area (Å²) in [6, 6.07) is 5.88. The third kappa shape index (κ3) is 3.02. The van der Waals surface area contributed by atoms with E-state index in [9.17, 15) is 9.59 Å². The van der Waals surface area contributed by atoms with Crippen molar-refractivity contribution in [2.75, 3.05) is 0 Å². The summed E-state index contributed by atoms with van der Waals surface area (Å²) in [5, 5.41) is 0. The molecule has 0 N–H and O–H groups in total. The topological polar surface area (TPSA) is 34.1 Å². The molecule has 0 bridgehead atoms. The number of carbonyl (C=O) groups is 2. The fourth-order valence-electron chi connectivity index (χ4n) is 1.75. The van der Waals surface area contributed by atoms with Gasteiger partial charge in [-0.25, -0.2) is 0 Å². The molecular weight excluding hydrogens is 200 g/mol. The first-order chi connectivity index (χ1) is 7.58. The first-order valence-corrected chi connectivity index (χ1v) is 5.72. The van der Waals surface area contributed by atoms with Crippen LogP contribution in [0.25, 0.3) is 0 Å². The molecule has 86 valence electrons. The highest BCUT2D eigenvalue weighted by atomic mass is 16.1. The first kappa shape index (κ1) is 12.6. The Morgan fingerprint density at radius 2 is 1.81 bits per heavy atom. The molecule has 0 aromatic heterocycles. The van der Waals surface area contributed by atoms with Gasteiger partial charge in [-0.2, -0.15) is 0 Å². The molecule has 0 saturated carbocycles. The average molecular weight is 218 g/mol. The minimum absolute atomic E-state index is 0.0124. The van der Waals surface area contributed by atoms with Crippen molar-refractivity contribution in [3.63, 3.8) is 0 Å². The quantitative estimate of drug-likeness (QED) is 0.562. The van der Waals surface area contributed by atoms with Crippen molar-refractivity contribution in [3.8, 4) is 0 Å². The Kier molecular flexibility index (Phi) is 4.41. The predicted octanol–water partition coefficient (Wildman–Crippen LogP) is 2.97. The molecule has 0 spiro atoms. The standard InChI is InChI=1S/C14H18O2/c1-4-11-6-7-13(12(5-2)9-11)14(16)8-10(3)15/h6-7,9H,4-5,8H2,1-3H3. The van der Waals surface area contributed by atoms with E-state index in [1.807, 2.05) is 19.1 Å². The Morgan fingerprint density at radius 1 is 1.12 bits per heavy atom. The highest BCUT2D eigenvalue weighted by Gasteiger charge is 2.12. The van der Waals surface area contributed by atoms with Crippen molar-refractivity contribution in [2.24, 2.45) is 0 Å². The summed E-state index contributed by atoms with van der Waals surface area (Å²) in [5.41, 5.74) is 2.98. The zero-order valence-electron chi connectivity index (χ0n) is 10.2. The van der Waals surface area contributed by atoms with E-state index < -0.39 is 0 Å². The highest BCUT2D eigenvalue weighted by Crippen LogP contribution is 2.15. The van der Waals surface area contributed by atoms with Crippen LogP contribution in [-0.2, 0) is 17.6 Å². The minimum atomic E-state index is -0.0772. The second-order valence-electron chi connectivity index (χ2n) is 4.00. The summed E-state index contributed by atoms with van der Waals surface area (Å²) in [6.07, 6.45) is 1.81. The lowest BCUT2D eigenvalue weighted by Gasteiger charge is -2.08. The molecule has 0 aliphatic rings. The second kappa shape index (κ2) is 5.59. The molecule has 1 rings (SSSR count). The number of carbonyl (C=O) groups excluding carboxylic acids is 2. The predicted molar refractivity (Wildman–Crippen MR) is 64.8 cm³/mol. The molecule has 0 fully saturated rings. The van der Waals surface area contributed by atoms with Crippen LogP contribution in [0.2, 0.25) is 0 Å². The van der Waals surface area contributed by atoms with Gasteiger partial charge in [-0.3, -0.25) is 9.59 Å². The van der Waals surface area contributed by atoms with Gasteiger partial charge in [0.15, 0.2) is 5.78 Å². The van der Waals surface area contributed by atoms with Crippen molar-refractivity contribution in [3.05, 3.63) is 34.9 Å². The van der Waals surface area contributed by atoms with E-state index in [-0.39, 0.29) is 18.0 Å². The van der Waals surface area contributed by atoms with Crippen LogP contribution in [0.5, 0.6) is 0 Å². The Labute approximate surface area is 96.7 Å². The number of hydrogen-bond acceptors (Lipinski definition) is 2. The van der Waals surface area contributed by atoms with Gasteiger partial charge >= 0.3 is 0 Å². The summed E-state index contributed by atoms with van der Waals surface area (Å²) < 4.78 is 0. The van der Waals surface area contributed by atoms with Gasteiger partial charge in [-0.15, -0.1) is 0 Å². The number of rotatable bonds is 5. The Balaban J connectivity index is 3.03. The average Bonchev–Trinajstić information content (AvgIpc) is 2.27. The highest BCUT2D eigenvalue weighted by molar-refractivity contribution is 6.08. The van der Waals surface area contributed by atoms with E-state index in [0.717, 1.165) is 18.4 Å². The van der Waals surface area contributed by atoms with Gasteiger partial charge in [0, 0.05) is 5.56 Å². The fourth-order valence-corrected chi connectivity index (χ4v) is 1.75. The van der Waals surface area contributed by atoms with Crippen LogP contribution in [0.4, 0.5) is 0 Å². The maximum Gasteiger partial charge on any atom is 0.170 e. The molecule has 0 amide bonds. The summed E-state index contributed by atoms with van der Waals surface area (Å²) in [7, 11) is 0. The molecule has 1 aromatic carbocycles. The summed E-state index contributed by atoms with van der Waals surface area (Å²) >= 11 is 0. The second-order valence-corrected chi connectivity index (χ2v) is 4.00. The summed E-state index contributed by atoms with van der Waals surface area (Å²) in [6.45, 7) is 5.56. The lowest BCUT2D eigenvalue weighted by molar-refractivity contribution is -0.116. The molecule has 0 radical (unpaired) electrons. The maximum absolute atomic E-state index is 11.8. The van der Waals surface area contributed by atoms with Gasteiger partial charge in [0.1, 0.15) is 5.78 Å². The van der Waals surface area contributed by atoms with Gasteiger partial charge < -0.3 is 0 Å². The largest absolute Gasteiger partial charge is 0.300 e. The van der Waals surface area contributed by atoms with E-state index >= 15 is 0 Å². The van der Waals surface area contributed by atoms with Crippen LogP contribution in [0.3, 0.4) is 0 Å². The smallest absolute Gasteiger partial charge is 0.170 e. The Morgan fingerprint density at radius 3 is 2.31 bits per heavy atom. The molecule has 2 heteroatoms. The zero-order valence-corrected chi connectivity index (χ0v) is 10.2. The zero-order chi connectivity index (χ0) is 12.1. The van der Waals surface area contributed by atoms with Gasteiger partial charge in [0.2, 0.25) is 0 Å². The van der Waals surface area contributed by atoms with Gasteiger partial charge in [0.05, 0.1) is 6.42 Å². The van der Waals surface area contributed by atoms with Crippen LogP contribution in [0, 0.1) is 0 Å². The molecular formula is C14H18O2. The van der Waals surface area contributed by atoms with E-state index in [4.69, 9.17) is 0 Å². The van der Waals surface area contributed by atoms with Gasteiger partial charge in [-0.1, -0.05) is 32.0 Å². The number of ketones is 2. The normalized spacial score (nSPS) is 10.2. The minimum Gasteiger partial charge on any atom is -0.300 e. The summed E-state index contributed by atoms with van der Waals surface area (Å²) in [4.78, 5) is 22.7. The van der Waals surface area contributed by atoms with Crippen molar-refractivity contribution < 1.29 is 9.59 Å². The Bertz CT molecular complexity index is 405. The number of hydrogen-bond donors (Lipinski definition) is 0. The lowest BCUT2D eigenvalue weighted by Crippen LogP contribution is -2.08. The van der Waals surface area contributed by atoms with Crippen LogP contribution < -0.4 is 0 Å². The fraction of sp³-hybridized carbons (Fsp3) is 0.429. The molecule has 2 nitrogen and oxygen atoms in total. The molecule has 0 saturated heterocycles. The van der Waals surface area contributed by atoms with Crippen molar-refractivity contribution in [1.29, 1.82) is 0 Å². The Hall–Kier alpha value is -1.44. The monoisotopic (exact) mass is 218 g/mol. The number of Topliss-reactive ketones (excluding diaryl/α,β-unsaturated/α-hetero) is 2.